The van der Waals surface area contributed by atoms with Gasteiger partial charge in [-0.15, -0.1) is 15.3 Å². The Morgan fingerprint density at radius 2 is 1.72 bits per heavy atom. The van der Waals surface area contributed by atoms with Crippen molar-refractivity contribution in [2.75, 3.05) is 0 Å². The first kappa shape index (κ1) is 20.6. The predicted molar refractivity (Wildman–Crippen MR) is 124 cm³/mol. The summed E-state index contributed by atoms with van der Waals surface area (Å²) in [7, 11) is 0. The summed E-state index contributed by atoms with van der Waals surface area (Å²) in [5.41, 5.74) is 1.89. The minimum absolute atomic E-state index is 0.201. The number of hydrogen-bond acceptors (Lipinski definition) is 7. The largest absolute Gasteiger partial charge is 0.278 e. The summed E-state index contributed by atoms with van der Waals surface area (Å²) in [5, 5.41) is 18.8. The summed E-state index contributed by atoms with van der Waals surface area (Å²) in [5.74, 6) is 0.803. The number of benzene rings is 2. The van der Waals surface area contributed by atoms with Crippen molar-refractivity contribution < 1.29 is 0 Å². The lowest BCUT2D eigenvalue weighted by Crippen LogP contribution is -2.23. The maximum absolute atomic E-state index is 12.8. The van der Waals surface area contributed by atoms with Crippen LogP contribution >= 0.6 is 35.0 Å². The van der Waals surface area contributed by atoms with Crippen molar-refractivity contribution in [3.63, 3.8) is 0 Å². The fourth-order valence-electron chi connectivity index (χ4n) is 3.14. The Labute approximate surface area is 195 Å². The topological polar surface area (TPSA) is 91.4 Å². The fourth-order valence-corrected chi connectivity index (χ4v) is 4.25. The molecule has 0 spiro atoms. The number of halogens is 2. The second kappa shape index (κ2) is 8.70. The van der Waals surface area contributed by atoms with E-state index in [-0.39, 0.29) is 11.4 Å². The van der Waals surface area contributed by atoms with Crippen LogP contribution in [0.1, 0.15) is 0 Å². The monoisotopic (exact) mass is 481 g/mol. The second-order valence-corrected chi connectivity index (χ2v) is 8.39. The summed E-state index contributed by atoms with van der Waals surface area (Å²) in [6, 6.07) is 16.1. The zero-order chi connectivity index (χ0) is 22.1. The number of thioether (sulfide) groups is 1. The first-order chi connectivity index (χ1) is 15.6. The average molecular weight is 482 g/mol. The molecule has 11 heteroatoms. The summed E-state index contributed by atoms with van der Waals surface area (Å²) in [6.07, 6.45) is 3.36. The summed E-state index contributed by atoms with van der Waals surface area (Å²) in [6.45, 7) is 0. The Morgan fingerprint density at radius 3 is 2.53 bits per heavy atom. The molecular formula is C21H13Cl2N7OS. The number of fused-ring (bicyclic) bond motifs is 1. The molecule has 0 unspecified atom stereocenters. The molecule has 3 heterocycles. The van der Waals surface area contributed by atoms with Gasteiger partial charge in [-0.2, -0.15) is 4.68 Å². The van der Waals surface area contributed by atoms with Gasteiger partial charge >= 0.3 is 0 Å². The van der Waals surface area contributed by atoms with Crippen molar-refractivity contribution in [1.82, 2.24) is 34.7 Å². The molecule has 0 fully saturated rings. The highest BCUT2D eigenvalue weighted by Gasteiger charge is 2.18. The highest BCUT2D eigenvalue weighted by molar-refractivity contribution is 7.98. The summed E-state index contributed by atoms with van der Waals surface area (Å²) in [4.78, 5) is 16.8. The number of nitrogens with zero attached hydrogens (tertiary/aromatic N) is 7. The van der Waals surface area contributed by atoms with E-state index in [2.05, 4.69) is 25.5 Å². The van der Waals surface area contributed by atoms with Crippen molar-refractivity contribution in [1.29, 1.82) is 0 Å². The van der Waals surface area contributed by atoms with E-state index in [9.17, 15) is 4.79 Å². The SMILES string of the molecule is O=c1c2ccccc2nnn1CSc1nnc(-c2ccncc2)n1-c1ccc(Cl)c(Cl)c1. The van der Waals surface area contributed by atoms with Crippen molar-refractivity contribution in [2.24, 2.45) is 0 Å². The molecule has 0 saturated carbocycles. The molecule has 3 aromatic heterocycles. The van der Waals surface area contributed by atoms with E-state index < -0.39 is 0 Å². The van der Waals surface area contributed by atoms with Gasteiger partial charge in [-0.05, 0) is 42.5 Å². The standard InChI is InChI=1S/C21H13Cl2N7OS/c22-16-6-5-14(11-17(16)23)30-19(13-7-9-24-10-8-13)26-27-21(30)32-12-29-20(31)15-3-1-2-4-18(15)25-28-29/h1-11H,12H2. The molecule has 0 amide bonds. The summed E-state index contributed by atoms with van der Waals surface area (Å²) >= 11 is 13.7. The lowest BCUT2D eigenvalue weighted by Gasteiger charge is -2.11. The van der Waals surface area contributed by atoms with E-state index in [1.165, 1.54) is 16.4 Å². The highest BCUT2D eigenvalue weighted by Crippen LogP contribution is 2.31. The minimum atomic E-state index is -0.224. The molecule has 5 aromatic rings. The lowest BCUT2D eigenvalue weighted by atomic mass is 10.2. The maximum atomic E-state index is 12.8. The third kappa shape index (κ3) is 3.86. The maximum Gasteiger partial charge on any atom is 0.278 e. The molecule has 5 rings (SSSR count). The van der Waals surface area contributed by atoms with Crippen molar-refractivity contribution in [3.05, 3.63) is 87.4 Å². The van der Waals surface area contributed by atoms with Gasteiger partial charge in [-0.1, -0.05) is 52.3 Å². The number of rotatable bonds is 5. The quantitative estimate of drug-likeness (QED) is 0.341. The van der Waals surface area contributed by atoms with Crippen LogP contribution in [0.25, 0.3) is 28.0 Å². The average Bonchev–Trinajstić information content (AvgIpc) is 3.25. The van der Waals surface area contributed by atoms with Crippen LogP contribution in [0.2, 0.25) is 10.0 Å². The molecule has 2 aromatic carbocycles. The lowest BCUT2D eigenvalue weighted by molar-refractivity contribution is 0.643. The van der Waals surface area contributed by atoms with Crippen LogP contribution in [0.5, 0.6) is 0 Å². The van der Waals surface area contributed by atoms with E-state index in [1.807, 2.05) is 28.8 Å². The zero-order valence-corrected chi connectivity index (χ0v) is 18.6. The molecule has 0 aliphatic carbocycles. The van der Waals surface area contributed by atoms with Crippen LogP contribution in [-0.2, 0) is 5.88 Å². The van der Waals surface area contributed by atoms with E-state index in [4.69, 9.17) is 23.2 Å². The Hall–Kier alpha value is -3.27. The van der Waals surface area contributed by atoms with Gasteiger partial charge in [0.1, 0.15) is 5.52 Å². The molecule has 0 radical (unpaired) electrons. The molecule has 0 aliphatic heterocycles. The van der Waals surface area contributed by atoms with Gasteiger partial charge in [0.05, 0.1) is 27.0 Å². The van der Waals surface area contributed by atoms with E-state index in [0.29, 0.717) is 31.9 Å². The van der Waals surface area contributed by atoms with E-state index in [1.54, 1.807) is 42.7 Å². The molecule has 0 N–H and O–H groups in total. The van der Waals surface area contributed by atoms with Gasteiger partial charge in [0, 0.05) is 18.0 Å². The summed E-state index contributed by atoms with van der Waals surface area (Å²) < 4.78 is 3.15. The Kier molecular flexibility index (Phi) is 5.60. The van der Waals surface area contributed by atoms with Crippen molar-refractivity contribution in [3.8, 4) is 17.1 Å². The van der Waals surface area contributed by atoms with Crippen LogP contribution in [0, 0.1) is 0 Å². The van der Waals surface area contributed by atoms with Crippen LogP contribution < -0.4 is 5.56 Å². The van der Waals surface area contributed by atoms with Gasteiger partial charge in [0.2, 0.25) is 0 Å². The van der Waals surface area contributed by atoms with Crippen LogP contribution in [0.15, 0.2) is 76.9 Å². The Morgan fingerprint density at radius 1 is 0.906 bits per heavy atom. The molecule has 0 aliphatic rings. The number of pyridine rings is 1. The molecule has 8 nitrogen and oxygen atoms in total. The van der Waals surface area contributed by atoms with E-state index in [0.717, 1.165) is 11.3 Å². The molecular weight excluding hydrogens is 469 g/mol. The molecule has 32 heavy (non-hydrogen) atoms. The van der Waals surface area contributed by atoms with Gasteiger partial charge in [-0.3, -0.25) is 14.3 Å². The highest BCUT2D eigenvalue weighted by atomic mass is 35.5. The van der Waals surface area contributed by atoms with Crippen molar-refractivity contribution >= 4 is 45.9 Å². The zero-order valence-electron chi connectivity index (χ0n) is 16.3. The first-order valence-corrected chi connectivity index (χ1v) is 11.1. The smallest absolute Gasteiger partial charge is 0.270 e. The number of aromatic nitrogens is 7. The molecule has 0 saturated heterocycles. The molecule has 158 valence electrons. The van der Waals surface area contributed by atoms with Gasteiger partial charge in [0.25, 0.3) is 5.56 Å². The van der Waals surface area contributed by atoms with Gasteiger partial charge < -0.3 is 0 Å². The number of hydrogen-bond donors (Lipinski definition) is 0. The third-order valence-electron chi connectivity index (χ3n) is 4.68. The first-order valence-electron chi connectivity index (χ1n) is 9.38. The van der Waals surface area contributed by atoms with Gasteiger partial charge in [-0.25, -0.2) is 0 Å². The molecule has 0 atom stereocenters. The van der Waals surface area contributed by atoms with Crippen molar-refractivity contribution in [2.45, 2.75) is 11.0 Å². The second-order valence-electron chi connectivity index (χ2n) is 6.66. The molecule has 0 bridgehead atoms. The third-order valence-corrected chi connectivity index (χ3v) is 6.31. The Balaban J connectivity index is 1.56. The van der Waals surface area contributed by atoms with E-state index >= 15 is 0 Å². The van der Waals surface area contributed by atoms with Crippen LogP contribution in [-0.4, -0.2) is 34.7 Å². The predicted octanol–water partition coefficient (Wildman–Crippen LogP) is 4.49. The Bertz CT molecular complexity index is 1490. The minimum Gasteiger partial charge on any atom is -0.270 e. The van der Waals surface area contributed by atoms with Crippen LogP contribution in [0.3, 0.4) is 0 Å². The van der Waals surface area contributed by atoms with Crippen LogP contribution in [0.4, 0.5) is 0 Å². The normalized spacial score (nSPS) is 11.2. The fraction of sp³-hybridized carbons (Fsp3) is 0.0476. The van der Waals surface area contributed by atoms with Gasteiger partial charge in [0.15, 0.2) is 11.0 Å².